The van der Waals surface area contributed by atoms with E-state index < -0.39 is 59.6 Å². The van der Waals surface area contributed by atoms with E-state index in [9.17, 15) is 41.9 Å². The number of hydrogen-bond acceptors (Lipinski definition) is 12. The average Bonchev–Trinajstić information content (AvgIpc) is 3.26. The highest BCUT2D eigenvalue weighted by atomic mass is 19.1. The summed E-state index contributed by atoms with van der Waals surface area (Å²) in [7, 11) is 0. The lowest BCUT2D eigenvalue weighted by atomic mass is 10.1. The van der Waals surface area contributed by atoms with Crippen LogP contribution >= 0.6 is 0 Å². The monoisotopic (exact) mass is 878 g/mol. The van der Waals surface area contributed by atoms with Gasteiger partial charge in [0.15, 0.2) is 0 Å². The van der Waals surface area contributed by atoms with E-state index in [0.717, 1.165) is 0 Å². The fourth-order valence-electron chi connectivity index (χ4n) is 5.60. The minimum atomic E-state index is -1.34. The van der Waals surface area contributed by atoms with Crippen molar-refractivity contribution in [3.8, 4) is 0 Å². The van der Waals surface area contributed by atoms with Crippen LogP contribution in [0.2, 0.25) is 0 Å². The fourth-order valence-corrected chi connectivity index (χ4v) is 5.60. The van der Waals surface area contributed by atoms with E-state index in [-0.39, 0.29) is 68.8 Å². The third-order valence-electron chi connectivity index (χ3n) is 9.23. The topological polar surface area (TPSA) is 158 Å². The van der Waals surface area contributed by atoms with E-state index in [4.69, 9.17) is 28.4 Å². The molecule has 3 rings (SSSR count). The molecule has 0 radical (unpaired) electrons. The van der Waals surface area contributed by atoms with Gasteiger partial charge < -0.3 is 28.4 Å². The molecular weight excluding hydrogens is 826 g/mol. The summed E-state index contributed by atoms with van der Waals surface area (Å²) in [6.07, 6.45) is 2.59. The Morgan fingerprint density at radius 2 is 0.698 bits per heavy atom. The van der Waals surface area contributed by atoms with Crippen LogP contribution in [0, 0.1) is 17.5 Å². The summed E-state index contributed by atoms with van der Waals surface area (Å²) >= 11 is 0. The van der Waals surface area contributed by atoms with Crippen molar-refractivity contribution < 1.29 is 70.4 Å². The van der Waals surface area contributed by atoms with E-state index >= 15 is 0 Å². The number of rotatable bonds is 29. The van der Waals surface area contributed by atoms with Crippen molar-refractivity contribution in [3.05, 3.63) is 127 Å². The quantitative estimate of drug-likeness (QED) is 0.0214. The standard InChI is InChI=1S/C48H53F3O12/c1-33(36-16-22-39(49)23-17-36)46(55)59-29-10-4-7-13-42(52)58-32-28-45(62-43(53)14-8-5-11-30-60-47(56)34(2)37-18-24-40(50)25-19-37)63-44(54)15-9-6-12-31-61-48(57)35(3)38-20-26-41(51)27-21-38/h16-27,45H,1-15,28-32H2. The first kappa shape index (κ1) is 50.8. The van der Waals surface area contributed by atoms with Crippen molar-refractivity contribution in [2.45, 2.75) is 89.8 Å². The van der Waals surface area contributed by atoms with Gasteiger partial charge in [-0.25, -0.2) is 27.6 Å². The number of unbranched alkanes of at least 4 members (excludes halogenated alkanes) is 6. The second-order valence-electron chi connectivity index (χ2n) is 14.2. The lowest BCUT2D eigenvalue weighted by Crippen LogP contribution is -2.26. The summed E-state index contributed by atoms with van der Waals surface area (Å²) < 4.78 is 71.3. The zero-order valence-corrected chi connectivity index (χ0v) is 35.2. The molecule has 12 nitrogen and oxygen atoms in total. The Morgan fingerprint density at radius 1 is 0.397 bits per heavy atom. The van der Waals surface area contributed by atoms with Gasteiger partial charge in [-0.05, 0) is 111 Å². The number of carbonyl (C=O) groups excluding carboxylic acids is 6. The second-order valence-corrected chi connectivity index (χ2v) is 14.2. The molecule has 0 spiro atoms. The highest BCUT2D eigenvalue weighted by Gasteiger charge is 2.21. The molecule has 0 N–H and O–H groups in total. The molecule has 0 aliphatic carbocycles. The maximum Gasteiger partial charge on any atom is 0.338 e. The van der Waals surface area contributed by atoms with Crippen molar-refractivity contribution in [1.82, 2.24) is 0 Å². The minimum Gasteiger partial charge on any atom is -0.465 e. The summed E-state index contributed by atoms with van der Waals surface area (Å²) in [5, 5.41) is 0. The Kier molecular flexibility index (Phi) is 22.7. The third kappa shape index (κ3) is 20.3. The molecule has 0 heterocycles. The Balaban J connectivity index is 1.36. The predicted molar refractivity (Wildman–Crippen MR) is 226 cm³/mol. The summed E-state index contributed by atoms with van der Waals surface area (Å²) in [5.41, 5.74) is 1.57. The summed E-state index contributed by atoms with van der Waals surface area (Å²) in [4.78, 5) is 74.6. The molecule has 0 bridgehead atoms. The van der Waals surface area contributed by atoms with Crippen LogP contribution in [0.5, 0.6) is 0 Å². The first-order valence-corrected chi connectivity index (χ1v) is 20.6. The largest absolute Gasteiger partial charge is 0.465 e. The van der Waals surface area contributed by atoms with E-state index in [2.05, 4.69) is 19.7 Å². The van der Waals surface area contributed by atoms with Crippen LogP contribution in [-0.2, 0) is 57.2 Å². The van der Waals surface area contributed by atoms with Crippen LogP contribution in [0.3, 0.4) is 0 Å². The van der Waals surface area contributed by atoms with Crippen molar-refractivity contribution in [3.63, 3.8) is 0 Å². The van der Waals surface area contributed by atoms with Gasteiger partial charge >= 0.3 is 35.8 Å². The van der Waals surface area contributed by atoms with E-state index in [1.54, 1.807) is 0 Å². The Hall–Kier alpha value is -6.51. The van der Waals surface area contributed by atoms with Crippen LogP contribution in [0.4, 0.5) is 13.2 Å². The van der Waals surface area contributed by atoms with Crippen LogP contribution in [0.25, 0.3) is 16.7 Å². The Bertz CT molecular complexity index is 1920. The molecule has 0 amide bonds. The molecule has 0 aliphatic rings. The van der Waals surface area contributed by atoms with Crippen molar-refractivity contribution in [2.24, 2.45) is 0 Å². The van der Waals surface area contributed by atoms with Crippen molar-refractivity contribution >= 4 is 52.5 Å². The number of carbonyl (C=O) groups is 6. The number of esters is 6. The molecule has 0 atom stereocenters. The van der Waals surface area contributed by atoms with Crippen LogP contribution < -0.4 is 0 Å². The first-order valence-electron chi connectivity index (χ1n) is 20.6. The molecule has 0 aromatic heterocycles. The molecule has 0 saturated carbocycles. The molecule has 0 unspecified atom stereocenters. The van der Waals surface area contributed by atoms with Gasteiger partial charge in [0.25, 0.3) is 6.29 Å². The first-order chi connectivity index (χ1) is 30.2. The molecular formula is C48H53F3O12. The maximum absolute atomic E-state index is 13.2. The minimum absolute atomic E-state index is 0.0357. The van der Waals surface area contributed by atoms with Crippen molar-refractivity contribution in [1.29, 1.82) is 0 Å². The van der Waals surface area contributed by atoms with E-state index in [1.807, 2.05) is 0 Å². The molecule has 3 aromatic carbocycles. The lowest BCUT2D eigenvalue weighted by molar-refractivity contribution is -0.191. The highest BCUT2D eigenvalue weighted by molar-refractivity contribution is 6.16. The molecule has 63 heavy (non-hydrogen) atoms. The van der Waals surface area contributed by atoms with E-state index in [0.29, 0.717) is 74.5 Å². The number of benzene rings is 3. The van der Waals surface area contributed by atoms with Gasteiger partial charge in [-0.3, -0.25) is 14.4 Å². The SMILES string of the molecule is C=C(C(=O)OCCCCCC(=O)OCCC(OC(=O)CCCCCOC(=O)C(=C)c1ccc(F)cc1)OC(=O)CCCCCOC(=O)C(=C)c1ccc(F)cc1)c1ccc(F)cc1. The van der Waals surface area contributed by atoms with Crippen LogP contribution in [0.15, 0.2) is 92.5 Å². The number of hydrogen-bond donors (Lipinski definition) is 0. The molecule has 0 aliphatic heterocycles. The van der Waals surface area contributed by atoms with Gasteiger partial charge in [0.05, 0.1) is 49.6 Å². The lowest BCUT2D eigenvalue weighted by Gasteiger charge is -2.18. The van der Waals surface area contributed by atoms with Crippen molar-refractivity contribution in [2.75, 3.05) is 26.4 Å². The second kappa shape index (κ2) is 28.2. The number of halogens is 3. The summed E-state index contributed by atoms with van der Waals surface area (Å²) in [6.45, 7) is 11.1. The van der Waals surface area contributed by atoms with Crippen LogP contribution in [-0.4, -0.2) is 68.5 Å². The van der Waals surface area contributed by atoms with Gasteiger partial charge in [0, 0.05) is 19.3 Å². The Labute approximate surface area is 365 Å². The maximum atomic E-state index is 13.2. The van der Waals surface area contributed by atoms with E-state index in [1.165, 1.54) is 72.8 Å². The Morgan fingerprint density at radius 3 is 1.02 bits per heavy atom. The normalized spacial score (nSPS) is 10.7. The van der Waals surface area contributed by atoms with Gasteiger partial charge in [-0.1, -0.05) is 56.1 Å². The summed E-state index contributed by atoms with van der Waals surface area (Å²) in [6, 6.07) is 15.8. The van der Waals surface area contributed by atoms with Crippen LogP contribution in [0.1, 0.15) is 100 Å². The summed E-state index contributed by atoms with van der Waals surface area (Å²) in [5.74, 6) is -5.11. The molecule has 15 heteroatoms. The van der Waals surface area contributed by atoms with Gasteiger partial charge in [-0.2, -0.15) is 0 Å². The van der Waals surface area contributed by atoms with Gasteiger partial charge in [0.2, 0.25) is 0 Å². The fraction of sp³-hybridized carbons (Fsp3) is 0.375. The predicted octanol–water partition coefficient (Wildman–Crippen LogP) is 9.20. The smallest absolute Gasteiger partial charge is 0.338 e. The molecule has 3 aromatic rings. The van der Waals surface area contributed by atoms with Gasteiger partial charge in [-0.15, -0.1) is 0 Å². The number of ether oxygens (including phenoxy) is 6. The molecule has 0 saturated heterocycles. The molecule has 0 fully saturated rings. The zero-order valence-electron chi connectivity index (χ0n) is 35.2. The third-order valence-corrected chi connectivity index (χ3v) is 9.23. The zero-order chi connectivity index (χ0) is 46.0. The highest BCUT2D eigenvalue weighted by Crippen LogP contribution is 2.18. The average molecular weight is 879 g/mol. The van der Waals surface area contributed by atoms with Gasteiger partial charge in [0.1, 0.15) is 17.5 Å². The molecule has 338 valence electrons.